The van der Waals surface area contributed by atoms with Gasteiger partial charge in [-0.05, 0) is 24.1 Å². The molecule has 1 heterocycles. The van der Waals surface area contributed by atoms with Gasteiger partial charge >= 0.3 is 0 Å². The Hall–Kier alpha value is -3.15. The van der Waals surface area contributed by atoms with Gasteiger partial charge in [-0.2, -0.15) is 0 Å². The molecule has 1 amide bonds. The molecule has 0 unspecified atom stereocenters. The first-order chi connectivity index (χ1) is 12.0. The van der Waals surface area contributed by atoms with Gasteiger partial charge in [-0.25, -0.2) is 0 Å². The molecule has 0 saturated carbocycles. The summed E-state index contributed by atoms with van der Waals surface area (Å²) in [5.74, 6) is -0.0382. The lowest BCUT2D eigenvalue weighted by Gasteiger charge is -2.25. The molecule has 0 aliphatic carbocycles. The van der Waals surface area contributed by atoms with Crippen molar-refractivity contribution in [1.29, 1.82) is 0 Å². The lowest BCUT2D eigenvalue weighted by Crippen LogP contribution is -2.30. The summed E-state index contributed by atoms with van der Waals surface area (Å²) in [4.78, 5) is 28.0. The number of rotatable bonds is 5. The minimum Gasteiger partial charge on any atom is -0.361 e. The lowest BCUT2D eigenvalue weighted by atomic mass is 10.0. The summed E-state index contributed by atoms with van der Waals surface area (Å²) in [6.45, 7) is 1.87. The monoisotopic (exact) mass is 337 g/mol. The molecule has 0 saturated heterocycles. The minimum atomic E-state index is -0.427. The first-order valence-corrected chi connectivity index (χ1v) is 8.02. The van der Waals surface area contributed by atoms with Crippen molar-refractivity contribution in [2.45, 2.75) is 19.4 Å². The van der Waals surface area contributed by atoms with Crippen LogP contribution in [0.1, 0.15) is 24.1 Å². The predicted octanol–water partition coefficient (Wildman–Crippen LogP) is 3.84. The molecule has 0 aliphatic rings. The maximum absolute atomic E-state index is 12.7. The number of carbonyl (C=O) groups excluding carboxylic acids is 1. The van der Waals surface area contributed by atoms with Crippen LogP contribution >= 0.6 is 0 Å². The van der Waals surface area contributed by atoms with Gasteiger partial charge in [0.2, 0.25) is 5.91 Å². The Bertz CT molecular complexity index is 932. The van der Waals surface area contributed by atoms with Crippen LogP contribution in [0.4, 0.5) is 5.69 Å². The van der Waals surface area contributed by atoms with E-state index < -0.39 is 4.92 Å². The van der Waals surface area contributed by atoms with E-state index in [1.165, 1.54) is 12.1 Å². The molecule has 128 valence electrons. The fourth-order valence-corrected chi connectivity index (χ4v) is 2.90. The second-order valence-corrected chi connectivity index (χ2v) is 6.07. The number of carbonyl (C=O) groups is 1. The number of likely N-dealkylation sites (N-methyl/N-ethyl adjacent to an activating group) is 1. The van der Waals surface area contributed by atoms with Crippen LogP contribution in [-0.2, 0) is 11.2 Å². The molecule has 1 N–H and O–H groups in total. The van der Waals surface area contributed by atoms with E-state index >= 15 is 0 Å². The number of fused-ring (bicyclic) bond motifs is 1. The number of hydrogen-bond acceptors (Lipinski definition) is 3. The number of non-ortho nitro benzene ring substituents is 1. The number of nitro benzene ring substituents is 1. The standard InChI is InChI=1S/C19H19N3O3/c1-13(14-6-5-7-16(10-14)22(24)25)21(2)19(23)11-15-12-20-18-9-4-3-8-17(15)18/h3-10,12-13,20H,11H2,1-2H3/t13-/m1/s1. The van der Waals surface area contributed by atoms with E-state index in [0.29, 0.717) is 0 Å². The molecule has 3 rings (SSSR count). The van der Waals surface area contributed by atoms with Gasteiger partial charge in [0, 0.05) is 36.3 Å². The summed E-state index contributed by atoms with van der Waals surface area (Å²) < 4.78 is 0. The zero-order valence-electron chi connectivity index (χ0n) is 14.1. The lowest BCUT2D eigenvalue weighted by molar-refractivity contribution is -0.384. The Labute approximate surface area is 145 Å². The number of aromatic amines is 1. The molecule has 1 aromatic heterocycles. The van der Waals surface area contributed by atoms with Gasteiger partial charge in [0.15, 0.2) is 0 Å². The van der Waals surface area contributed by atoms with Crippen LogP contribution in [0, 0.1) is 10.1 Å². The number of para-hydroxylation sites is 1. The smallest absolute Gasteiger partial charge is 0.269 e. The molecule has 1 atom stereocenters. The molecule has 0 radical (unpaired) electrons. The van der Waals surface area contributed by atoms with Crippen LogP contribution in [0.15, 0.2) is 54.7 Å². The molecule has 0 bridgehead atoms. The molecule has 3 aromatic rings. The molecular weight excluding hydrogens is 318 g/mol. The van der Waals surface area contributed by atoms with E-state index in [4.69, 9.17) is 0 Å². The maximum Gasteiger partial charge on any atom is 0.269 e. The van der Waals surface area contributed by atoms with Crippen molar-refractivity contribution in [3.05, 3.63) is 76.0 Å². The predicted molar refractivity (Wildman–Crippen MR) is 96.3 cm³/mol. The Balaban J connectivity index is 1.77. The van der Waals surface area contributed by atoms with Crippen molar-refractivity contribution in [2.75, 3.05) is 7.05 Å². The number of nitrogens with one attached hydrogen (secondary N) is 1. The molecule has 0 aliphatic heterocycles. The highest BCUT2D eigenvalue weighted by Gasteiger charge is 2.20. The van der Waals surface area contributed by atoms with Gasteiger partial charge in [-0.15, -0.1) is 0 Å². The fourth-order valence-electron chi connectivity index (χ4n) is 2.90. The van der Waals surface area contributed by atoms with Gasteiger partial charge in [-0.3, -0.25) is 14.9 Å². The van der Waals surface area contributed by atoms with Crippen molar-refractivity contribution >= 4 is 22.5 Å². The highest BCUT2D eigenvalue weighted by Crippen LogP contribution is 2.24. The SMILES string of the molecule is C[C@H](c1cccc([N+](=O)[O-])c1)N(C)C(=O)Cc1c[nH]c2ccccc12. The Morgan fingerprint density at radius 3 is 2.76 bits per heavy atom. The number of amides is 1. The Morgan fingerprint density at radius 1 is 1.24 bits per heavy atom. The Kier molecular flexibility index (Phi) is 4.52. The number of nitrogens with zero attached hydrogens (tertiary/aromatic N) is 2. The van der Waals surface area contributed by atoms with Crippen molar-refractivity contribution < 1.29 is 9.72 Å². The first kappa shape index (κ1) is 16.7. The summed E-state index contributed by atoms with van der Waals surface area (Å²) in [6.07, 6.45) is 2.13. The summed E-state index contributed by atoms with van der Waals surface area (Å²) in [7, 11) is 1.72. The summed E-state index contributed by atoms with van der Waals surface area (Å²) in [6, 6.07) is 14.0. The fraction of sp³-hybridized carbons (Fsp3) is 0.211. The molecule has 6 nitrogen and oxygen atoms in total. The van der Waals surface area contributed by atoms with Crippen molar-refractivity contribution in [2.24, 2.45) is 0 Å². The van der Waals surface area contributed by atoms with E-state index in [9.17, 15) is 14.9 Å². The third kappa shape index (κ3) is 3.38. The zero-order valence-corrected chi connectivity index (χ0v) is 14.1. The van der Waals surface area contributed by atoms with Gasteiger partial charge in [0.05, 0.1) is 17.4 Å². The van der Waals surface area contributed by atoms with Crippen molar-refractivity contribution in [3.8, 4) is 0 Å². The highest BCUT2D eigenvalue weighted by atomic mass is 16.6. The average Bonchev–Trinajstić information content (AvgIpc) is 3.03. The molecular formula is C19H19N3O3. The van der Waals surface area contributed by atoms with E-state index in [2.05, 4.69) is 4.98 Å². The van der Waals surface area contributed by atoms with Gasteiger partial charge in [0.25, 0.3) is 5.69 Å². The van der Waals surface area contributed by atoms with Crippen molar-refractivity contribution in [3.63, 3.8) is 0 Å². The number of nitro groups is 1. The number of hydrogen-bond donors (Lipinski definition) is 1. The second kappa shape index (κ2) is 6.76. The quantitative estimate of drug-likeness (QED) is 0.567. The first-order valence-electron chi connectivity index (χ1n) is 8.02. The maximum atomic E-state index is 12.7. The Morgan fingerprint density at radius 2 is 2.00 bits per heavy atom. The number of H-pyrrole nitrogens is 1. The van der Waals surface area contributed by atoms with E-state index in [1.54, 1.807) is 24.1 Å². The summed E-state index contributed by atoms with van der Waals surface area (Å²) in [5, 5.41) is 12.0. The molecule has 0 spiro atoms. The number of aromatic nitrogens is 1. The van der Waals surface area contributed by atoms with E-state index in [-0.39, 0.29) is 24.1 Å². The third-order valence-corrected chi connectivity index (χ3v) is 4.55. The van der Waals surface area contributed by atoms with Crippen LogP contribution in [0.25, 0.3) is 10.9 Å². The van der Waals surface area contributed by atoms with Crippen molar-refractivity contribution in [1.82, 2.24) is 9.88 Å². The van der Waals surface area contributed by atoms with Crippen LogP contribution in [0.5, 0.6) is 0 Å². The van der Waals surface area contributed by atoms with Crippen LogP contribution in [-0.4, -0.2) is 27.8 Å². The topological polar surface area (TPSA) is 79.2 Å². The van der Waals surface area contributed by atoms with Gasteiger partial charge in [0.1, 0.15) is 0 Å². The molecule has 25 heavy (non-hydrogen) atoms. The number of benzene rings is 2. The zero-order chi connectivity index (χ0) is 18.0. The van der Waals surface area contributed by atoms with Crippen LogP contribution < -0.4 is 0 Å². The van der Waals surface area contributed by atoms with E-state index in [1.807, 2.05) is 37.4 Å². The summed E-state index contributed by atoms with van der Waals surface area (Å²) in [5.41, 5.74) is 2.71. The molecule has 6 heteroatoms. The average molecular weight is 337 g/mol. The molecule has 2 aromatic carbocycles. The molecule has 0 fully saturated rings. The largest absolute Gasteiger partial charge is 0.361 e. The van der Waals surface area contributed by atoms with E-state index in [0.717, 1.165) is 22.0 Å². The van der Waals surface area contributed by atoms with Gasteiger partial charge < -0.3 is 9.88 Å². The third-order valence-electron chi connectivity index (χ3n) is 4.55. The summed E-state index contributed by atoms with van der Waals surface area (Å²) >= 11 is 0. The van der Waals surface area contributed by atoms with Crippen LogP contribution in [0.2, 0.25) is 0 Å². The van der Waals surface area contributed by atoms with Gasteiger partial charge in [-0.1, -0.05) is 30.3 Å². The highest BCUT2D eigenvalue weighted by molar-refractivity contribution is 5.88. The second-order valence-electron chi connectivity index (χ2n) is 6.07. The normalized spacial score (nSPS) is 12.1. The van der Waals surface area contributed by atoms with Crippen LogP contribution in [0.3, 0.4) is 0 Å². The minimum absolute atomic E-state index is 0.0295.